The van der Waals surface area contributed by atoms with E-state index >= 15 is 0 Å². The summed E-state index contributed by atoms with van der Waals surface area (Å²) in [5.41, 5.74) is 0.105. The molecule has 35 heavy (non-hydrogen) atoms. The van der Waals surface area contributed by atoms with Crippen LogP contribution in [0.3, 0.4) is 0 Å². The van der Waals surface area contributed by atoms with Gasteiger partial charge in [0.05, 0.1) is 11.2 Å². The minimum absolute atomic E-state index is 0.0441. The molecule has 0 saturated carbocycles. The standard InChI is InChI=1S/C27H37BN2O5/c1-18-17-29(15-16-30(18)24(32)33-25(2,3)4)23(31)21-13-9-12-20-19(21)11-10-14-22(20)28-34-26(5,6)27(7,8)35-28/h9-14,18H,15-17H2,1-8H3. The number of carbonyl (C=O) groups excluding carboxylic acids is 2. The van der Waals surface area contributed by atoms with Crippen LogP contribution in [0.2, 0.25) is 0 Å². The molecule has 0 spiro atoms. The van der Waals surface area contributed by atoms with Crippen LogP contribution in [0.25, 0.3) is 10.8 Å². The third-order valence-electron chi connectivity index (χ3n) is 7.24. The Morgan fingerprint density at radius 2 is 1.57 bits per heavy atom. The Morgan fingerprint density at radius 1 is 0.971 bits per heavy atom. The van der Waals surface area contributed by atoms with Crippen LogP contribution in [0.1, 0.15) is 65.7 Å². The molecule has 2 saturated heterocycles. The van der Waals surface area contributed by atoms with Crippen molar-refractivity contribution < 1.29 is 23.6 Å². The van der Waals surface area contributed by atoms with Crippen LogP contribution in [0.15, 0.2) is 36.4 Å². The molecule has 2 aliphatic heterocycles. The summed E-state index contributed by atoms with van der Waals surface area (Å²) in [5, 5.41) is 1.81. The Bertz CT molecular complexity index is 1120. The number of amides is 2. The largest absolute Gasteiger partial charge is 0.495 e. The van der Waals surface area contributed by atoms with Crippen LogP contribution < -0.4 is 5.46 Å². The number of fused-ring (bicyclic) bond motifs is 1. The minimum atomic E-state index is -0.554. The molecule has 0 aromatic heterocycles. The fraction of sp³-hybridized carbons (Fsp3) is 0.556. The fourth-order valence-electron chi connectivity index (χ4n) is 4.60. The number of piperazine rings is 1. The van der Waals surface area contributed by atoms with Crippen molar-refractivity contribution in [2.45, 2.75) is 78.2 Å². The molecule has 2 aromatic carbocycles. The number of rotatable bonds is 2. The second-order valence-electron chi connectivity index (χ2n) is 11.6. The van der Waals surface area contributed by atoms with Crippen molar-refractivity contribution in [2.75, 3.05) is 19.6 Å². The molecule has 2 heterocycles. The number of carbonyl (C=O) groups is 2. The van der Waals surface area contributed by atoms with E-state index in [9.17, 15) is 9.59 Å². The molecule has 4 rings (SSSR count). The Kier molecular flexibility index (Phi) is 6.43. The van der Waals surface area contributed by atoms with Crippen LogP contribution in [0.4, 0.5) is 4.79 Å². The number of nitrogens with zero attached hydrogens (tertiary/aromatic N) is 2. The lowest BCUT2D eigenvalue weighted by Gasteiger charge is -2.40. The highest BCUT2D eigenvalue weighted by atomic mass is 16.7. The first-order chi connectivity index (χ1) is 16.2. The summed E-state index contributed by atoms with van der Waals surface area (Å²) in [5.74, 6) is -0.0441. The second kappa shape index (κ2) is 8.82. The highest BCUT2D eigenvalue weighted by molar-refractivity contribution is 6.65. The van der Waals surface area contributed by atoms with Gasteiger partial charge in [-0.25, -0.2) is 4.79 Å². The molecular weight excluding hydrogens is 443 g/mol. The van der Waals surface area contributed by atoms with Crippen molar-refractivity contribution in [2.24, 2.45) is 0 Å². The van der Waals surface area contributed by atoms with Gasteiger partial charge in [-0.2, -0.15) is 0 Å². The third kappa shape index (κ3) is 4.91. The van der Waals surface area contributed by atoms with Crippen molar-refractivity contribution in [1.29, 1.82) is 0 Å². The van der Waals surface area contributed by atoms with E-state index in [1.165, 1.54) is 0 Å². The van der Waals surface area contributed by atoms with E-state index in [1.807, 2.05) is 96.7 Å². The van der Waals surface area contributed by atoms with E-state index in [2.05, 4.69) is 0 Å². The maximum atomic E-state index is 13.6. The second-order valence-corrected chi connectivity index (χ2v) is 11.6. The first kappa shape index (κ1) is 25.5. The highest BCUT2D eigenvalue weighted by Crippen LogP contribution is 2.37. The SMILES string of the molecule is CC1CN(C(=O)c2cccc3c(B4OC(C)(C)C(C)(C)O4)cccc23)CCN1C(=O)OC(C)(C)C. The fourth-order valence-corrected chi connectivity index (χ4v) is 4.60. The number of hydrogen-bond donors (Lipinski definition) is 0. The Morgan fingerprint density at radius 3 is 2.17 bits per heavy atom. The molecule has 2 fully saturated rings. The summed E-state index contributed by atoms with van der Waals surface area (Å²) in [6, 6.07) is 11.6. The summed E-state index contributed by atoms with van der Waals surface area (Å²) in [6.45, 7) is 17.0. The molecule has 8 heteroatoms. The van der Waals surface area contributed by atoms with Crippen molar-refractivity contribution >= 4 is 35.4 Å². The zero-order valence-electron chi connectivity index (χ0n) is 22.2. The highest BCUT2D eigenvalue weighted by Gasteiger charge is 2.52. The van der Waals surface area contributed by atoms with Gasteiger partial charge in [-0.05, 0) is 77.7 Å². The molecule has 2 amide bonds. The average molecular weight is 480 g/mol. The van der Waals surface area contributed by atoms with E-state index in [1.54, 1.807) is 4.90 Å². The zero-order chi connectivity index (χ0) is 25.8. The van der Waals surface area contributed by atoms with Gasteiger partial charge in [-0.3, -0.25) is 4.79 Å². The number of ether oxygens (including phenoxy) is 1. The minimum Gasteiger partial charge on any atom is -0.444 e. The molecule has 1 atom stereocenters. The lowest BCUT2D eigenvalue weighted by molar-refractivity contribution is 0.00201. The van der Waals surface area contributed by atoms with E-state index in [-0.39, 0.29) is 18.0 Å². The Labute approximate surface area is 208 Å². The van der Waals surface area contributed by atoms with Crippen LogP contribution >= 0.6 is 0 Å². The average Bonchev–Trinajstić information content (AvgIpc) is 2.97. The van der Waals surface area contributed by atoms with Gasteiger partial charge in [0, 0.05) is 31.2 Å². The quantitative estimate of drug-likeness (QED) is 0.603. The van der Waals surface area contributed by atoms with Gasteiger partial charge in [0.2, 0.25) is 0 Å². The molecule has 2 aromatic rings. The lowest BCUT2D eigenvalue weighted by Crippen LogP contribution is -2.56. The molecule has 7 nitrogen and oxygen atoms in total. The van der Waals surface area contributed by atoms with Gasteiger partial charge in [0.25, 0.3) is 5.91 Å². The molecule has 188 valence electrons. The smallest absolute Gasteiger partial charge is 0.444 e. The maximum Gasteiger partial charge on any atom is 0.495 e. The zero-order valence-corrected chi connectivity index (χ0v) is 22.2. The Hall–Kier alpha value is -2.58. The van der Waals surface area contributed by atoms with E-state index in [4.69, 9.17) is 14.0 Å². The summed E-state index contributed by atoms with van der Waals surface area (Å²) >= 11 is 0. The van der Waals surface area contributed by atoms with E-state index < -0.39 is 23.9 Å². The van der Waals surface area contributed by atoms with Gasteiger partial charge >= 0.3 is 13.2 Å². The van der Waals surface area contributed by atoms with Gasteiger partial charge in [0.1, 0.15) is 5.60 Å². The maximum absolute atomic E-state index is 13.6. The molecular formula is C27H37BN2O5. The van der Waals surface area contributed by atoms with Crippen molar-refractivity contribution in [3.8, 4) is 0 Å². The van der Waals surface area contributed by atoms with Crippen LogP contribution in [0.5, 0.6) is 0 Å². The van der Waals surface area contributed by atoms with Gasteiger partial charge in [-0.1, -0.05) is 30.3 Å². The summed E-state index contributed by atoms with van der Waals surface area (Å²) in [4.78, 5) is 29.7. The van der Waals surface area contributed by atoms with E-state index in [0.717, 1.165) is 16.2 Å². The van der Waals surface area contributed by atoms with Crippen LogP contribution in [-0.4, -0.2) is 71.4 Å². The van der Waals surface area contributed by atoms with Gasteiger partial charge in [-0.15, -0.1) is 0 Å². The third-order valence-corrected chi connectivity index (χ3v) is 7.24. The first-order valence-electron chi connectivity index (χ1n) is 12.4. The van der Waals surface area contributed by atoms with Crippen LogP contribution in [0, 0.1) is 0 Å². The predicted molar refractivity (Wildman–Crippen MR) is 138 cm³/mol. The van der Waals surface area contributed by atoms with Crippen LogP contribution in [-0.2, 0) is 14.0 Å². The van der Waals surface area contributed by atoms with Gasteiger partial charge in [0.15, 0.2) is 0 Å². The lowest BCUT2D eigenvalue weighted by atomic mass is 9.75. The summed E-state index contributed by atoms with van der Waals surface area (Å²) in [7, 11) is -0.508. The molecule has 0 bridgehead atoms. The topological polar surface area (TPSA) is 68.3 Å². The normalized spacial score (nSPS) is 21.9. The molecule has 0 radical (unpaired) electrons. The van der Waals surface area contributed by atoms with E-state index in [0.29, 0.717) is 25.2 Å². The van der Waals surface area contributed by atoms with Gasteiger partial charge < -0.3 is 23.8 Å². The monoisotopic (exact) mass is 480 g/mol. The van der Waals surface area contributed by atoms with Crippen molar-refractivity contribution in [1.82, 2.24) is 9.80 Å². The molecule has 1 unspecified atom stereocenters. The number of benzene rings is 2. The molecule has 0 aliphatic carbocycles. The predicted octanol–water partition coefficient (Wildman–Crippen LogP) is 4.22. The Balaban J connectivity index is 1.57. The summed E-state index contributed by atoms with van der Waals surface area (Å²) in [6.07, 6.45) is -0.339. The summed E-state index contributed by atoms with van der Waals surface area (Å²) < 4.78 is 18.1. The molecule has 0 N–H and O–H groups in total. The molecule has 2 aliphatic rings. The first-order valence-corrected chi connectivity index (χ1v) is 12.4. The van der Waals surface area contributed by atoms with Crippen molar-refractivity contribution in [3.05, 3.63) is 42.0 Å². The van der Waals surface area contributed by atoms with Crippen molar-refractivity contribution in [3.63, 3.8) is 0 Å². The number of hydrogen-bond acceptors (Lipinski definition) is 5.